The summed E-state index contributed by atoms with van der Waals surface area (Å²) in [4.78, 5) is 4.64. The molecule has 0 amide bonds. The van der Waals surface area contributed by atoms with Crippen LogP contribution in [0.4, 0.5) is 5.82 Å². The Morgan fingerprint density at radius 2 is 2.16 bits per heavy atom. The summed E-state index contributed by atoms with van der Waals surface area (Å²) in [7, 11) is 0. The average molecular weight is 259 g/mol. The molecule has 0 radical (unpaired) electrons. The van der Waals surface area contributed by atoms with Crippen molar-refractivity contribution in [2.45, 2.75) is 39.2 Å². The first kappa shape index (κ1) is 12.4. The smallest absolute Gasteiger partial charge is 0.157 e. The molecule has 1 saturated heterocycles. The molecule has 102 valence electrons. The quantitative estimate of drug-likeness (QED) is 0.876. The highest BCUT2D eigenvalue weighted by atomic mass is 15.3. The van der Waals surface area contributed by atoms with Crippen LogP contribution in [0.1, 0.15) is 31.7 Å². The molecular weight excluding hydrogens is 238 g/mol. The first-order valence-electron chi connectivity index (χ1n) is 7.16. The number of aryl methyl sites for hydroxylation is 2. The summed E-state index contributed by atoms with van der Waals surface area (Å²) in [6, 6.07) is 4.69. The van der Waals surface area contributed by atoms with Gasteiger partial charge in [-0.05, 0) is 25.8 Å². The third-order valence-corrected chi connectivity index (χ3v) is 3.67. The monoisotopic (exact) mass is 259 g/mol. The maximum absolute atomic E-state index is 4.64. The summed E-state index contributed by atoms with van der Waals surface area (Å²) in [5.41, 5.74) is 3.15. The van der Waals surface area contributed by atoms with E-state index in [9.17, 15) is 0 Å². The van der Waals surface area contributed by atoms with Crippen LogP contribution in [-0.4, -0.2) is 33.7 Å². The van der Waals surface area contributed by atoms with Crippen molar-refractivity contribution in [3.05, 3.63) is 23.5 Å². The predicted molar refractivity (Wildman–Crippen MR) is 76.6 cm³/mol. The van der Waals surface area contributed by atoms with Gasteiger partial charge in [-0.3, -0.25) is 0 Å². The number of hydrogen-bond donors (Lipinski definition) is 2. The molecule has 5 nitrogen and oxygen atoms in total. The van der Waals surface area contributed by atoms with Crippen molar-refractivity contribution in [3.63, 3.8) is 0 Å². The Bertz CT molecular complexity index is 568. The Hall–Kier alpha value is -1.62. The zero-order chi connectivity index (χ0) is 13.2. The molecule has 3 rings (SSSR count). The summed E-state index contributed by atoms with van der Waals surface area (Å²) in [5.74, 6) is 1.07. The van der Waals surface area contributed by atoms with Crippen LogP contribution < -0.4 is 10.6 Å². The Labute approximate surface area is 113 Å². The zero-order valence-electron chi connectivity index (χ0n) is 11.6. The molecule has 0 spiro atoms. The van der Waals surface area contributed by atoms with Crippen LogP contribution >= 0.6 is 0 Å². The second-order valence-corrected chi connectivity index (χ2v) is 5.08. The van der Waals surface area contributed by atoms with Crippen LogP contribution in [0.3, 0.4) is 0 Å². The first-order valence-corrected chi connectivity index (χ1v) is 7.16. The lowest BCUT2D eigenvalue weighted by Crippen LogP contribution is -2.24. The molecule has 1 aliphatic rings. The highest BCUT2D eigenvalue weighted by Crippen LogP contribution is 2.17. The molecule has 5 heteroatoms. The van der Waals surface area contributed by atoms with E-state index < -0.39 is 0 Å². The number of aromatic nitrogens is 3. The van der Waals surface area contributed by atoms with Crippen LogP contribution in [0, 0.1) is 0 Å². The summed E-state index contributed by atoms with van der Waals surface area (Å²) >= 11 is 0. The van der Waals surface area contributed by atoms with E-state index in [0.29, 0.717) is 6.04 Å². The Morgan fingerprint density at radius 3 is 2.84 bits per heavy atom. The standard InChI is InChI=1S/C14H21N5/c1-3-10-7-13(17-12-5-6-15-9-12)19-14(16-10)8-11(4-2)18-19/h7-8,12,15,17H,3-6,9H2,1-2H3. The number of fused-ring (bicyclic) bond motifs is 1. The number of nitrogens with zero attached hydrogens (tertiary/aromatic N) is 3. The predicted octanol–water partition coefficient (Wildman–Crippen LogP) is 1.63. The maximum Gasteiger partial charge on any atom is 0.157 e. The molecule has 2 N–H and O–H groups in total. The van der Waals surface area contributed by atoms with Gasteiger partial charge in [0.1, 0.15) is 5.82 Å². The molecule has 1 unspecified atom stereocenters. The van der Waals surface area contributed by atoms with Gasteiger partial charge >= 0.3 is 0 Å². The average Bonchev–Trinajstić information content (AvgIpc) is 3.06. The van der Waals surface area contributed by atoms with Gasteiger partial charge in [-0.1, -0.05) is 13.8 Å². The van der Waals surface area contributed by atoms with Gasteiger partial charge in [0.15, 0.2) is 5.65 Å². The van der Waals surface area contributed by atoms with Gasteiger partial charge in [0.25, 0.3) is 0 Å². The number of nitrogens with one attached hydrogen (secondary N) is 2. The van der Waals surface area contributed by atoms with E-state index in [1.807, 2.05) is 4.52 Å². The third-order valence-electron chi connectivity index (χ3n) is 3.67. The summed E-state index contributed by atoms with van der Waals surface area (Å²) < 4.78 is 1.94. The molecule has 1 fully saturated rings. The van der Waals surface area contributed by atoms with Gasteiger partial charge < -0.3 is 10.6 Å². The van der Waals surface area contributed by atoms with Crippen LogP contribution in [0.2, 0.25) is 0 Å². The van der Waals surface area contributed by atoms with E-state index in [-0.39, 0.29) is 0 Å². The van der Waals surface area contributed by atoms with Crippen molar-refractivity contribution in [1.29, 1.82) is 0 Å². The van der Waals surface area contributed by atoms with Crippen LogP contribution in [0.5, 0.6) is 0 Å². The molecular formula is C14H21N5. The van der Waals surface area contributed by atoms with Gasteiger partial charge in [0.2, 0.25) is 0 Å². The highest BCUT2D eigenvalue weighted by molar-refractivity contribution is 5.51. The molecule has 0 saturated carbocycles. The fourth-order valence-electron chi connectivity index (χ4n) is 2.52. The minimum absolute atomic E-state index is 0.490. The lowest BCUT2D eigenvalue weighted by Gasteiger charge is -2.14. The normalized spacial score (nSPS) is 19.2. The van der Waals surface area contributed by atoms with Crippen molar-refractivity contribution in [2.24, 2.45) is 0 Å². The SMILES string of the molecule is CCc1cc(NC2CCNC2)n2nc(CC)cc2n1. The summed E-state index contributed by atoms with van der Waals surface area (Å²) in [6.07, 6.45) is 3.04. The lowest BCUT2D eigenvalue weighted by atomic mass is 10.2. The van der Waals surface area contributed by atoms with E-state index in [1.165, 1.54) is 0 Å². The van der Waals surface area contributed by atoms with Gasteiger partial charge in [-0.2, -0.15) is 9.61 Å². The zero-order valence-corrected chi connectivity index (χ0v) is 11.6. The number of rotatable bonds is 4. The lowest BCUT2D eigenvalue weighted by molar-refractivity contribution is 0.769. The minimum Gasteiger partial charge on any atom is -0.366 e. The molecule has 3 heterocycles. The van der Waals surface area contributed by atoms with Crippen molar-refractivity contribution < 1.29 is 0 Å². The Kier molecular flexibility index (Phi) is 3.38. The molecule has 2 aromatic heterocycles. The van der Waals surface area contributed by atoms with Gasteiger partial charge in [0, 0.05) is 30.4 Å². The molecule has 2 aromatic rings. The van der Waals surface area contributed by atoms with Crippen molar-refractivity contribution in [3.8, 4) is 0 Å². The van der Waals surface area contributed by atoms with E-state index in [4.69, 9.17) is 0 Å². The minimum atomic E-state index is 0.490. The topological polar surface area (TPSA) is 54.2 Å². The third kappa shape index (κ3) is 2.42. The maximum atomic E-state index is 4.64. The van der Waals surface area contributed by atoms with E-state index >= 15 is 0 Å². The first-order chi connectivity index (χ1) is 9.30. The summed E-state index contributed by atoms with van der Waals surface area (Å²) in [6.45, 7) is 6.37. The van der Waals surface area contributed by atoms with E-state index in [2.05, 4.69) is 46.7 Å². The highest BCUT2D eigenvalue weighted by Gasteiger charge is 2.16. The molecule has 0 aliphatic carbocycles. The molecule has 0 bridgehead atoms. The second-order valence-electron chi connectivity index (χ2n) is 5.08. The van der Waals surface area contributed by atoms with Crippen LogP contribution in [0.15, 0.2) is 12.1 Å². The van der Waals surface area contributed by atoms with Crippen LogP contribution in [-0.2, 0) is 12.8 Å². The molecule has 1 aliphatic heterocycles. The van der Waals surface area contributed by atoms with E-state index in [0.717, 1.165) is 55.2 Å². The largest absolute Gasteiger partial charge is 0.366 e. The van der Waals surface area contributed by atoms with Crippen molar-refractivity contribution >= 4 is 11.5 Å². The van der Waals surface area contributed by atoms with Crippen LogP contribution in [0.25, 0.3) is 5.65 Å². The van der Waals surface area contributed by atoms with E-state index in [1.54, 1.807) is 0 Å². The summed E-state index contributed by atoms with van der Waals surface area (Å²) in [5, 5.41) is 11.6. The molecule has 19 heavy (non-hydrogen) atoms. The van der Waals surface area contributed by atoms with Gasteiger partial charge in [0.05, 0.1) is 5.69 Å². The van der Waals surface area contributed by atoms with Gasteiger partial charge in [-0.25, -0.2) is 4.98 Å². The second kappa shape index (κ2) is 5.17. The Balaban J connectivity index is 2.01. The van der Waals surface area contributed by atoms with Crippen molar-refractivity contribution in [2.75, 3.05) is 18.4 Å². The fourth-order valence-corrected chi connectivity index (χ4v) is 2.52. The molecule has 1 atom stereocenters. The Morgan fingerprint density at radius 1 is 1.32 bits per heavy atom. The fraction of sp³-hybridized carbons (Fsp3) is 0.571. The molecule has 0 aromatic carbocycles. The van der Waals surface area contributed by atoms with Gasteiger partial charge in [-0.15, -0.1) is 0 Å². The van der Waals surface area contributed by atoms with Crippen molar-refractivity contribution in [1.82, 2.24) is 19.9 Å². The number of anilines is 1. The number of hydrogen-bond acceptors (Lipinski definition) is 4.